The van der Waals surface area contributed by atoms with Crippen LogP contribution >= 0.6 is 0 Å². The van der Waals surface area contributed by atoms with Gasteiger partial charge in [-0.2, -0.15) is 4.98 Å². The van der Waals surface area contributed by atoms with Gasteiger partial charge >= 0.3 is 0 Å². The van der Waals surface area contributed by atoms with Crippen molar-refractivity contribution in [3.63, 3.8) is 0 Å². The predicted molar refractivity (Wildman–Crippen MR) is 66.1 cm³/mol. The standard InChI is InChI=1S/C11H19N5/c1-15(2)10-8-7-12-6-5-9(8)13-11(14-10)16(3)4/h12H,5-7H2,1-4H3. The highest BCUT2D eigenvalue weighted by Gasteiger charge is 2.19. The summed E-state index contributed by atoms with van der Waals surface area (Å²) in [4.78, 5) is 13.2. The fourth-order valence-corrected chi connectivity index (χ4v) is 1.88. The van der Waals surface area contributed by atoms with Crippen LogP contribution in [0.3, 0.4) is 0 Å². The van der Waals surface area contributed by atoms with Gasteiger partial charge in [0.05, 0.1) is 5.69 Å². The first kappa shape index (κ1) is 11.1. The number of anilines is 2. The van der Waals surface area contributed by atoms with Gasteiger partial charge in [-0.1, -0.05) is 0 Å². The lowest BCUT2D eigenvalue weighted by molar-refractivity contribution is 0.624. The van der Waals surface area contributed by atoms with Crippen LogP contribution in [0, 0.1) is 0 Å². The van der Waals surface area contributed by atoms with Gasteiger partial charge in [0.25, 0.3) is 0 Å². The van der Waals surface area contributed by atoms with Crippen molar-refractivity contribution >= 4 is 11.8 Å². The van der Waals surface area contributed by atoms with Crippen LogP contribution < -0.4 is 15.1 Å². The molecule has 1 aromatic rings. The van der Waals surface area contributed by atoms with E-state index < -0.39 is 0 Å². The maximum atomic E-state index is 4.60. The molecule has 2 heterocycles. The molecule has 0 unspecified atom stereocenters. The van der Waals surface area contributed by atoms with Crippen molar-refractivity contribution in [3.8, 4) is 0 Å². The zero-order valence-electron chi connectivity index (χ0n) is 10.4. The zero-order valence-corrected chi connectivity index (χ0v) is 10.4. The minimum absolute atomic E-state index is 0.796. The third kappa shape index (κ3) is 1.95. The molecule has 0 fully saturated rings. The molecule has 5 heteroatoms. The molecule has 0 aromatic carbocycles. The summed E-state index contributed by atoms with van der Waals surface area (Å²) in [6, 6.07) is 0. The minimum atomic E-state index is 0.796. The Hall–Kier alpha value is -1.36. The van der Waals surface area contributed by atoms with Crippen LogP contribution in [-0.2, 0) is 13.0 Å². The van der Waals surface area contributed by atoms with Crippen molar-refractivity contribution in [1.82, 2.24) is 15.3 Å². The molecule has 1 N–H and O–H groups in total. The van der Waals surface area contributed by atoms with Gasteiger partial charge in [-0.05, 0) is 0 Å². The first-order chi connectivity index (χ1) is 7.59. The fraction of sp³-hybridized carbons (Fsp3) is 0.636. The van der Waals surface area contributed by atoms with Gasteiger partial charge in [-0.25, -0.2) is 4.98 Å². The van der Waals surface area contributed by atoms with E-state index in [1.165, 1.54) is 11.3 Å². The molecular weight excluding hydrogens is 202 g/mol. The molecule has 0 amide bonds. The first-order valence-corrected chi connectivity index (χ1v) is 5.54. The zero-order chi connectivity index (χ0) is 11.7. The van der Waals surface area contributed by atoms with E-state index in [1.807, 2.05) is 33.1 Å². The van der Waals surface area contributed by atoms with E-state index >= 15 is 0 Å². The van der Waals surface area contributed by atoms with Gasteiger partial charge in [-0.3, -0.25) is 0 Å². The number of nitrogens with one attached hydrogen (secondary N) is 1. The van der Waals surface area contributed by atoms with E-state index in [1.54, 1.807) is 0 Å². The van der Waals surface area contributed by atoms with Gasteiger partial charge in [0.15, 0.2) is 0 Å². The van der Waals surface area contributed by atoms with Crippen molar-refractivity contribution in [2.24, 2.45) is 0 Å². The van der Waals surface area contributed by atoms with Crippen molar-refractivity contribution in [1.29, 1.82) is 0 Å². The lowest BCUT2D eigenvalue weighted by Gasteiger charge is -2.24. The van der Waals surface area contributed by atoms with Crippen LogP contribution in [0.25, 0.3) is 0 Å². The second-order valence-corrected chi connectivity index (χ2v) is 4.49. The van der Waals surface area contributed by atoms with Gasteiger partial charge in [-0.15, -0.1) is 0 Å². The molecule has 0 saturated heterocycles. The normalized spacial score (nSPS) is 14.5. The van der Waals surface area contributed by atoms with E-state index in [0.29, 0.717) is 0 Å². The molecule has 0 atom stereocenters. The van der Waals surface area contributed by atoms with Crippen LogP contribution in [0.15, 0.2) is 0 Å². The van der Waals surface area contributed by atoms with Crippen LogP contribution in [0.4, 0.5) is 11.8 Å². The van der Waals surface area contributed by atoms with Crippen molar-refractivity contribution in [2.75, 3.05) is 44.5 Å². The summed E-state index contributed by atoms with van der Waals surface area (Å²) < 4.78 is 0. The Balaban J connectivity index is 2.52. The summed E-state index contributed by atoms with van der Waals surface area (Å²) in [5, 5.41) is 3.36. The molecular formula is C11H19N5. The molecule has 16 heavy (non-hydrogen) atoms. The van der Waals surface area contributed by atoms with Crippen molar-refractivity contribution < 1.29 is 0 Å². The molecule has 1 aromatic heterocycles. The number of rotatable bonds is 2. The Labute approximate surface area is 96.5 Å². The van der Waals surface area contributed by atoms with Gasteiger partial charge in [0.2, 0.25) is 5.95 Å². The van der Waals surface area contributed by atoms with E-state index in [9.17, 15) is 0 Å². The maximum absolute atomic E-state index is 4.60. The van der Waals surface area contributed by atoms with E-state index in [4.69, 9.17) is 0 Å². The minimum Gasteiger partial charge on any atom is -0.362 e. The van der Waals surface area contributed by atoms with Crippen LogP contribution in [-0.4, -0.2) is 44.7 Å². The van der Waals surface area contributed by atoms with Crippen molar-refractivity contribution in [2.45, 2.75) is 13.0 Å². The van der Waals surface area contributed by atoms with Crippen LogP contribution in [0.5, 0.6) is 0 Å². The van der Waals surface area contributed by atoms with Gasteiger partial charge < -0.3 is 15.1 Å². The Morgan fingerprint density at radius 2 is 1.81 bits per heavy atom. The molecule has 0 radical (unpaired) electrons. The fourth-order valence-electron chi connectivity index (χ4n) is 1.88. The van der Waals surface area contributed by atoms with E-state index in [0.717, 1.165) is 31.3 Å². The number of fused-ring (bicyclic) bond motifs is 1. The number of nitrogens with zero attached hydrogens (tertiary/aromatic N) is 4. The Bertz CT molecular complexity index is 386. The Morgan fingerprint density at radius 3 is 2.44 bits per heavy atom. The first-order valence-electron chi connectivity index (χ1n) is 5.54. The van der Waals surface area contributed by atoms with E-state index in [-0.39, 0.29) is 0 Å². The smallest absolute Gasteiger partial charge is 0.227 e. The molecule has 2 rings (SSSR count). The molecule has 0 spiro atoms. The third-order valence-corrected chi connectivity index (χ3v) is 2.72. The van der Waals surface area contributed by atoms with Crippen molar-refractivity contribution in [3.05, 3.63) is 11.3 Å². The molecule has 5 nitrogen and oxygen atoms in total. The summed E-state index contributed by atoms with van der Waals surface area (Å²) >= 11 is 0. The summed E-state index contributed by atoms with van der Waals surface area (Å²) in [6.07, 6.45) is 0.986. The van der Waals surface area contributed by atoms with Crippen LogP contribution in [0.2, 0.25) is 0 Å². The summed E-state index contributed by atoms with van der Waals surface area (Å²) in [6.45, 7) is 1.88. The second kappa shape index (κ2) is 4.25. The maximum Gasteiger partial charge on any atom is 0.227 e. The largest absolute Gasteiger partial charge is 0.362 e. The molecule has 0 aliphatic carbocycles. The average Bonchev–Trinajstić information content (AvgIpc) is 2.27. The monoisotopic (exact) mass is 221 g/mol. The molecule has 0 bridgehead atoms. The Kier molecular flexibility index (Phi) is 2.96. The summed E-state index contributed by atoms with van der Waals surface area (Å²) in [5.41, 5.74) is 2.42. The summed E-state index contributed by atoms with van der Waals surface area (Å²) in [7, 11) is 8.00. The number of hydrogen-bond donors (Lipinski definition) is 1. The SMILES string of the molecule is CN(C)c1nc2c(c(N(C)C)n1)CNCC2. The predicted octanol–water partition coefficient (Wildman–Crippen LogP) is 0.254. The average molecular weight is 221 g/mol. The number of hydrogen-bond acceptors (Lipinski definition) is 5. The highest BCUT2D eigenvalue weighted by Crippen LogP contribution is 2.24. The highest BCUT2D eigenvalue weighted by molar-refractivity contribution is 5.52. The topological polar surface area (TPSA) is 44.3 Å². The van der Waals surface area contributed by atoms with Crippen LogP contribution in [0.1, 0.15) is 11.3 Å². The Morgan fingerprint density at radius 1 is 1.06 bits per heavy atom. The molecule has 88 valence electrons. The number of aromatic nitrogens is 2. The third-order valence-electron chi connectivity index (χ3n) is 2.72. The van der Waals surface area contributed by atoms with E-state index in [2.05, 4.69) is 20.2 Å². The molecule has 0 saturated carbocycles. The highest BCUT2D eigenvalue weighted by atomic mass is 15.3. The van der Waals surface area contributed by atoms with Gasteiger partial charge in [0, 0.05) is 53.3 Å². The quantitative estimate of drug-likeness (QED) is 0.776. The lowest BCUT2D eigenvalue weighted by atomic mass is 10.1. The molecule has 1 aliphatic rings. The lowest BCUT2D eigenvalue weighted by Crippen LogP contribution is -2.29. The van der Waals surface area contributed by atoms with Gasteiger partial charge in [0.1, 0.15) is 5.82 Å². The summed E-state index contributed by atoms with van der Waals surface area (Å²) in [5.74, 6) is 1.82. The second-order valence-electron chi connectivity index (χ2n) is 4.49. The molecule has 1 aliphatic heterocycles.